The Bertz CT molecular complexity index is 720. The van der Waals surface area contributed by atoms with Crippen LogP contribution in [0.15, 0.2) is 54.6 Å². The molecule has 3 fully saturated rings. The molecule has 2 aromatic rings. The van der Waals surface area contributed by atoms with Gasteiger partial charge in [-0.1, -0.05) is 48.5 Å². The lowest BCUT2D eigenvalue weighted by atomic mass is 9.74. The quantitative estimate of drug-likeness (QED) is 0.937. The van der Waals surface area contributed by atoms with Gasteiger partial charge in [-0.15, -0.1) is 0 Å². The Hall–Kier alpha value is -2.13. The molecule has 0 spiro atoms. The van der Waals surface area contributed by atoms with Crippen LogP contribution in [0.1, 0.15) is 36.0 Å². The fourth-order valence-corrected chi connectivity index (χ4v) is 4.56. The van der Waals surface area contributed by atoms with Gasteiger partial charge in [0.25, 0.3) is 5.91 Å². The van der Waals surface area contributed by atoms with Gasteiger partial charge in [0, 0.05) is 24.2 Å². The number of carbonyl (C=O) groups is 1. The van der Waals surface area contributed by atoms with Crippen LogP contribution in [0.25, 0.3) is 11.1 Å². The molecular weight excluding hydrogens is 296 g/mol. The summed E-state index contributed by atoms with van der Waals surface area (Å²) in [6, 6.07) is 18.7. The first kappa shape index (κ1) is 15.4. The van der Waals surface area contributed by atoms with E-state index in [1.807, 2.05) is 42.5 Å². The molecule has 2 saturated heterocycles. The van der Waals surface area contributed by atoms with Crippen molar-refractivity contribution < 1.29 is 4.79 Å². The molecule has 1 atom stereocenters. The predicted octanol–water partition coefficient (Wildman–Crippen LogP) is 3.70. The fourth-order valence-electron chi connectivity index (χ4n) is 4.56. The van der Waals surface area contributed by atoms with E-state index in [9.17, 15) is 4.79 Å². The summed E-state index contributed by atoms with van der Waals surface area (Å²) in [7, 11) is 0. The van der Waals surface area contributed by atoms with Gasteiger partial charge in [0.05, 0.1) is 0 Å². The second-order valence-electron chi connectivity index (χ2n) is 7.00. The zero-order valence-corrected chi connectivity index (χ0v) is 13.9. The second-order valence-corrected chi connectivity index (χ2v) is 7.00. The van der Waals surface area contributed by atoms with Crippen LogP contribution in [0, 0.1) is 5.92 Å². The molecule has 0 radical (unpaired) electrons. The highest BCUT2D eigenvalue weighted by Crippen LogP contribution is 2.40. The average molecular weight is 320 g/mol. The van der Waals surface area contributed by atoms with Gasteiger partial charge in [-0.2, -0.15) is 0 Å². The number of hydrogen-bond donors (Lipinski definition) is 1. The number of nitrogens with two attached hydrogens (primary N) is 1. The summed E-state index contributed by atoms with van der Waals surface area (Å²) in [6.07, 6.45) is 4.69. The SMILES string of the molecule is NCC1C2CCC(CC2)N1C(=O)c1ccccc1-c1ccccc1. The van der Waals surface area contributed by atoms with Crippen molar-refractivity contribution in [3.05, 3.63) is 60.2 Å². The van der Waals surface area contributed by atoms with Gasteiger partial charge >= 0.3 is 0 Å². The molecule has 24 heavy (non-hydrogen) atoms. The number of carbonyl (C=O) groups excluding carboxylic acids is 1. The molecule has 124 valence electrons. The smallest absolute Gasteiger partial charge is 0.255 e. The van der Waals surface area contributed by atoms with Crippen molar-refractivity contribution in [1.82, 2.24) is 4.90 Å². The summed E-state index contributed by atoms with van der Waals surface area (Å²) in [5.74, 6) is 0.729. The van der Waals surface area contributed by atoms with Gasteiger partial charge < -0.3 is 10.6 Å². The van der Waals surface area contributed by atoms with Crippen LogP contribution in [0.5, 0.6) is 0 Å². The largest absolute Gasteiger partial charge is 0.331 e. The molecule has 2 bridgehead atoms. The molecule has 3 heteroatoms. The summed E-state index contributed by atoms with van der Waals surface area (Å²) in [4.78, 5) is 15.5. The van der Waals surface area contributed by atoms with Gasteiger partial charge in [0.15, 0.2) is 0 Å². The topological polar surface area (TPSA) is 46.3 Å². The average Bonchev–Trinajstić information content (AvgIpc) is 2.68. The standard InChI is InChI=1S/C21H24N2O/c22-14-20-16-10-12-17(13-11-16)23(20)21(24)19-9-5-4-8-18(19)15-6-2-1-3-7-15/h1-9,16-17,20H,10-14,22H2. The van der Waals surface area contributed by atoms with Crippen molar-refractivity contribution in [1.29, 1.82) is 0 Å². The maximum absolute atomic E-state index is 13.4. The maximum atomic E-state index is 13.4. The molecule has 2 aliphatic heterocycles. The lowest BCUT2D eigenvalue weighted by Gasteiger charge is -2.51. The normalized spacial score (nSPS) is 25.7. The van der Waals surface area contributed by atoms with E-state index in [4.69, 9.17) is 5.73 Å². The first-order valence-electron chi connectivity index (χ1n) is 8.96. The van der Waals surface area contributed by atoms with Crippen molar-refractivity contribution in [3.63, 3.8) is 0 Å². The van der Waals surface area contributed by atoms with E-state index in [-0.39, 0.29) is 11.9 Å². The van der Waals surface area contributed by atoms with Crippen LogP contribution in [-0.2, 0) is 0 Å². The highest BCUT2D eigenvalue weighted by Gasteiger charge is 2.43. The van der Waals surface area contributed by atoms with Crippen molar-refractivity contribution in [2.45, 2.75) is 37.8 Å². The Morgan fingerprint density at radius 2 is 1.62 bits per heavy atom. The minimum absolute atomic E-state index is 0.152. The number of fused-ring (bicyclic) bond motifs is 3. The molecule has 3 nitrogen and oxygen atoms in total. The number of benzene rings is 2. The Morgan fingerprint density at radius 3 is 2.33 bits per heavy atom. The zero-order valence-electron chi connectivity index (χ0n) is 13.9. The second kappa shape index (κ2) is 6.40. The third-order valence-electron chi connectivity index (χ3n) is 5.75. The van der Waals surface area contributed by atoms with E-state index < -0.39 is 0 Å². The number of hydrogen-bond acceptors (Lipinski definition) is 2. The number of rotatable bonds is 3. The third-order valence-corrected chi connectivity index (χ3v) is 5.75. The summed E-state index contributed by atoms with van der Waals surface area (Å²) < 4.78 is 0. The summed E-state index contributed by atoms with van der Waals surface area (Å²) in [5, 5.41) is 0. The molecular formula is C21H24N2O. The van der Waals surface area contributed by atoms with Gasteiger partial charge in [0.2, 0.25) is 0 Å². The number of nitrogens with zero attached hydrogens (tertiary/aromatic N) is 1. The number of amides is 1. The molecule has 2 heterocycles. The van der Waals surface area contributed by atoms with Crippen LogP contribution >= 0.6 is 0 Å². The van der Waals surface area contributed by atoms with Crippen molar-refractivity contribution in [2.24, 2.45) is 11.7 Å². The van der Waals surface area contributed by atoms with Crippen LogP contribution in [0.2, 0.25) is 0 Å². The highest BCUT2D eigenvalue weighted by molar-refractivity contribution is 6.01. The Morgan fingerprint density at radius 1 is 0.958 bits per heavy atom. The van der Waals surface area contributed by atoms with Gasteiger partial charge in [-0.25, -0.2) is 0 Å². The zero-order chi connectivity index (χ0) is 16.5. The first-order valence-corrected chi connectivity index (χ1v) is 8.96. The molecule has 3 aliphatic rings. The minimum Gasteiger partial charge on any atom is -0.331 e. The van der Waals surface area contributed by atoms with Crippen LogP contribution < -0.4 is 5.73 Å². The van der Waals surface area contributed by atoms with E-state index >= 15 is 0 Å². The summed E-state index contributed by atoms with van der Waals surface area (Å²) in [5.41, 5.74) is 8.96. The molecule has 1 unspecified atom stereocenters. The van der Waals surface area contributed by atoms with Gasteiger partial charge in [0.1, 0.15) is 0 Å². The van der Waals surface area contributed by atoms with E-state index in [0.717, 1.165) is 29.5 Å². The predicted molar refractivity (Wildman–Crippen MR) is 96.6 cm³/mol. The summed E-state index contributed by atoms with van der Waals surface area (Å²) in [6.45, 7) is 0.570. The molecule has 1 aliphatic carbocycles. The summed E-state index contributed by atoms with van der Waals surface area (Å²) >= 11 is 0. The Balaban J connectivity index is 1.73. The fraction of sp³-hybridized carbons (Fsp3) is 0.381. The van der Waals surface area contributed by atoms with E-state index in [0.29, 0.717) is 18.5 Å². The minimum atomic E-state index is 0.152. The molecule has 1 amide bonds. The lowest BCUT2D eigenvalue weighted by molar-refractivity contribution is 0.000228. The van der Waals surface area contributed by atoms with Crippen molar-refractivity contribution >= 4 is 5.91 Å². The lowest BCUT2D eigenvalue weighted by Crippen LogP contribution is -2.60. The number of piperidine rings is 2. The molecule has 2 N–H and O–H groups in total. The van der Waals surface area contributed by atoms with Gasteiger partial charge in [-0.3, -0.25) is 4.79 Å². The van der Waals surface area contributed by atoms with Crippen molar-refractivity contribution in [2.75, 3.05) is 6.54 Å². The third kappa shape index (κ3) is 2.53. The molecule has 5 rings (SSSR count). The first-order chi connectivity index (χ1) is 11.8. The van der Waals surface area contributed by atoms with Crippen molar-refractivity contribution in [3.8, 4) is 11.1 Å². The Labute approximate surface area is 143 Å². The van der Waals surface area contributed by atoms with Crippen LogP contribution in [0.4, 0.5) is 0 Å². The maximum Gasteiger partial charge on any atom is 0.255 e. The molecule has 2 aromatic carbocycles. The van der Waals surface area contributed by atoms with Gasteiger partial charge in [-0.05, 0) is 48.8 Å². The van der Waals surface area contributed by atoms with Crippen LogP contribution in [0.3, 0.4) is 0 Å². The van der Waals surface area contributed by atoms with E-state index in [1.165, 1.54) is 12.8 Å². The monoisotopic (exact) mass is 320 g/mol. The highest BCUT2D eigenvalue weighted by atomic mass is 16.2. The van der Waals surface area contributed by atoms with E-state index in [1.54, 1.807) is 0 Å². The Kier molecular flexibility index (Phi) is 4.11. The molecule has 1 saturated carbocycles. The van der Waals surface area contributed by atoms with Crippen LogP contribution in [-0.4, -0.2) is 29.4 Å². The van der Waals surface area contributed by atoms with E-state index in [2.05, 4.69) is 17.0 Å². The molecule has 0 aromatic heterocycles.